The van der Waals surface area contributed by atoms with Crippen molar-refractivity contribution in [3.8, 4) is 0 Å². The average molecular weight is 209 g/mol. The van der Waals surface area contributed by atoms with E-state index in [0.717, 1.165) is 24.8 Å². The molecule has 1 aromatic heterocycles. The second-order valence-corrected chi connectivity index (χ2v) is 4.69. The van der Waals surface area contributed by atoms with E-state index in [-0.39, 0.29) is 5.92 Å². The maximum atomic E-state index is 12.0. The summed E-state index contributed by atoms with van der Waals surface area (Å²) in [6, 6.07) is 1.92. The van der Waals surface area contributed by atoms with E-state index in [1.807, 2.05) is 16.8 Å². The van der Waals surface area contributed by atoms with Crippen molar-refractivity contribution in [3.05, 3.63) is 22.4 Å². The minimum Gasteiger partial charge on any atom is -0.330 e. The summed E-state index contributed by atoms with van der Waals surface area (Å²) in [5.41, 5.74) is 6.54. The molecule has 1 aromatic rings. The van der Waals surface area contributed by atoms with Crippen LogP contribution in [0.5, 0.6) is 0 Å². The molecule has 2 rings (SSSR count). The Morgan fingerprint density at radius 1 is 1.57 bits per heavy atom. The summed E-state index contributed by atoms with van der Waals surface area (Å²) >= 11 is 1.58. The molecule has 0 radical (unpaired) electrons. The molecule has 1 aliphatic rings. The number of rotatable bonds is 3. The van der Waals surface area contributed by atoms with Crippen LogP contribution in [0.1, 0.15) is 29.6 Å². The zero-order chi connectivity index (χ0) is 9.97. The number of hydrogen-bond donors (Lipinski definition) is 1. The molecule has 14 heavy (non-hydrogen) atoms. The normalized spacial score (nSPS) is 26.6. The number of carbonyl (C=O) groups excluding carboxylic acids is 1. The molecule has 0 aliphatic heterocycles. The highest BCUT2D eigenvalue weighted by molar-refractivity contribution is 7.08. The highest BCUT2D eigenvalue weighted by Crippen LogP contribution is 2.33. The van der Waals surface area contributed by atoms with Crippen molar-refractivity contribution in [1.29, 1.82) is 0 Å². The van der Waals surface area contributed by atoms with Gasteiger partial charge in [-0.3, -0.25) is 4.79 Å². The van der Waals surface area contributed by atoms with Gasteiger partial charge >= 0.3 is 0 Å². The highest BCUT2D eigenvalue weighted by Gasteiger charge is 2.32. The Morgan fingerprint density at radius 2 is 2.43 bits per heavy atom. The van der Waals surface area contributed by atoms with E-state index < -0.39 is 0 Å². The maximum absolute atomic E-state index is 12.0. The number of thiophene rings is 1. The SMILES string of the molecule is NCC1CCCC1C(=O)c1ccsc1. The van der Waals surface area contributed by atoms with E-state index in [2.05, 4.69) is 0 Å². The van der Waals surface area contributed by atoms with Crippen LogP contribution in [0.15, 0.2) is 16.8 Å². The zero-order valence-corrected chi connectivity index (χ0v) is 8.93. The summed E-state index contributed by atoms with van der Waals surface area (Å²) in [5.74, 6) is 0.913. The smallest absolute Gasteiger partial charge is 0.167 e. The molecule has 1 saturated carbocycles. The van der Waals surface area contributed by atoms with Crippen molar-refractivity contribution in [3.63, 3.8) is 0 Å². The summed E-state index contributed by atoms with van der Waals surface area (Å²) in [7, 11) is 0. The number of nitrogens with two attached hydrogens (primary N) is 1. The molecule has 1 fully saturated rings. The third-order valence-corrected chi connectivity index (χ3v) is 3.79. The number of hydrogen-bond acceptors (Lipinski definition) is 3. The van der Waals surface area contributed by atoms with E-state index in [0.29, 0.717) is 18.2 Å². The van der Waals surface area contributed by atoms with Crippen molar-refractivity contribution in [2.24, 2.45) is 17.6 Å². The van der Waals surface area contributed by atoms with Crippen LogP contribution in [0, 0.1) is 11.8 Å². The molecule has 0 saturated heterocycles. The lowest BCUT2D eigenvalue weighted by molar-refractivity contribution is 0.0894. The molecule has 0 spiro atoms. The van der Waals surface area contributed by atoms with Crippen molar-refractivity contribution < 1.29 is 4.79 Å². The fraction of sp³-hybridized carbons (Fsp3) is 0.545. The van der Waals surface area contributed by atoms with Crippen molar-refractivity contribution in [1.82, 2.24) is 0 Å². The van der Waals surface area contributed by atoms with Gasteiger partial charge in [-0.15, -0.1) is 0 Å². The maximum Gasteiger partial charge on any atom is 0.167 e. The fourth-order valence-electron chi connectivity index (χ4n) is 2.28. The van der Waals surface area contributed by atoms with Gasteiger partial charge in [0.05, 0.1) is 0 Å². The summed E-state index contributed by atoms with van der Waals surface area (Å²) in [6.45, 7) is 0.653. The van der Waals surface area contributed by atoms with Crippen LogP contribution in [-0.4, -0.2) is 12.3 Å². The number of ketones is 1. The molecular formula is C11H15NOS. The monoisotopic (exact) mass is 209 g/mol. The Morgan fingerprint density at radius 3 is 3.07 bits per heavy atom. The second-order valence-electron chi connectivity index (χ2n) is 3.91. The standard InChI is InChI=1S/C11H15NOS/c12-6-8-2-1-3-10(8)11(13)9-4-5-14-7-9/h4-5,7-8,10H,1-3,6,12H2. The Bertz CT molecular complexity index is 307. The minimum atomic E-state index is 0.189. The van der Waals surface area contributed by atoms with Gasteiger partial charge < -0.3 is 5.73 Å². The van der Waals surface area contributed by atoms with Crippen LogP contribution >= 0.6 is 11.3 Å². The van der Waals surface area contributed by atoms with Gasteiger partial charge in [-0.2, -0.15) is 11.3 Å². The number of Topliss-reactive ketones (excluding diaryl/α,β-unsaturated/α-hetero) is 1. The predicted octanol–water partition coefficient (Wildman–Crippen LogP) is 2.31. The minimum absolute atomic E-state index is 0.189. The van der Waals surface area contributed by atoms with Crippen LogP contribution in [0.4, 0.5) is 0 Å². The Hall–Kier alpha value is -0.670. The molecule has 2 N–H and O–H groups in total. The van der Waals surface area contributed by atoms with Crippen LogP contribution in [-0.2, 0) is 0 Å². The lowest BCUT2D eigenvalue weighted by atomic mass is 9.89. The quantitative estimate of drug-likeness (QED) is 0.776. The van der Waals surface area contributed by atoms with E-state index in [9.17, 15) is 4.79 Å². The van der Waals surface area contributed by atoms with E-state index in [4.69, 9.17) is 5.73 Å². The van der Waals surface area contributed by atoms with E-state index >= 15 is 0 Å². The van der Waals surface area contributed by atoms with Gasteiger partial charge in [0.1, 0.15) is 0 Å². The molecule has 1 aliphatic carbocycles. The van der Waals surface area contributed by atoms with Crippen molar-refractivity contribution in [2.75, 3.05) is 6.54 Å². The van der Waals surface area contributed by atoms with Gasteiger partial charge in [0.2, 0.25) is 0 Å². The summed E-state index contributed by atoms with van der Waals surface area (Å²) in [4.78, 5) is 12.0. The molecule has 2 atom stereocenters. The van der Waals surface area contributed by atoms with Crippen LogP contribution < -0.4 is 5.73 Å². The first-order chi connectivity index (χ1) is 6.83. The van der Waals surface area contributed by atoms with Gasteiger partial charge in [0, 0.05) is 16.9 Å². The molecule has 1 heterocycles. The molecule has 0 amide bonds. The number of carbonyl (C=O) groups is 1. The zero-order valence-electron chi connectivity index (χ0n) is 8.11. The van der Waals surface area contributed by atoms with Gasteiger partial charge in [-0.25, -0.2) is 0 Å². The molecule has 0 aromatic carbocycles. The lowest BCUT2D eigenvalue weighted by Crippen LogP contribution is -2.24. The Labute approximate surface area is 88.1 Å². The first-order valence-electron chi connectivity index (χ1n) is 5.09. The topological polar surface area (TPSA) is 43.1 Å². The molecule has 76 valence electrons. The van der Waals surface area contributed by atoms with Gasteiger partial charge in [-0.05, 0) is 36.8 Å². The van der Waals surface area contributed by atoms with E-state index in [1.54, 1.807) is 11.3 Å². The van der Waals surface area contributed by atoms with Crippen molar-refractivity contribution >= 4 is 17.1 Å². The molecule has 2 unspecified atom stereocenters. The van der Waals surface area contributed by atoms with Crippen molar-refractivity contribution in [2.45, 2.75) is 19.3 Å². The third kappa shape index (κ3) is 1.74. The van der Waals surface area contributed by atoms with Gasteiger partial charge in [0.15, 0.2) is 5.78 Å². The largest absolute Gasteiger partial charge is 0.330 e. The predicted molar refractivity (Wildman–Crippen MR) is 58.5 cm³/mol. The Kier molecular flexibility index (Phi) is 2.99. The molecular weight excluding hydrogens is 194 g/mol. The van der Waals surface area contributed by atoms with E-state index in [1.165, 1.54) is 0 Å². The first kappa shape index (κ1) is 9.87. The Balaban J connectivity index is 2.11. The average Bonchev–Trinajstić information content (AvgIpc) is 2.87. The highest BCUT2D eigenvalue weighted by atomic mass is 32.1. The lowest BCUT2D eigenvalue weighted by Gasteiger charge is -2.15. The van der Waals surface area contributed by atoms with Crippen LogP contribution in [0.3, 0.4) is 0 Å². The summed E-state index contributed by atoms with van der Waals surface area (Å²) in [5, 5.41) is 3.90. The summed E-state index contributed by atoms with van der Waals surface area (Å²) in [6.07, 6.45) is 3.30. The first-order valence-corrected chi connectivity index (χ1v) is 6.03. The van der Waals surface area contributed by atoms with Crippen LogP contribution in [0.25, 0.3) is 0 Å². The second kappa shape index (κ2) is 4.24. The van der Waals surface area contributed by atoms with Gasteiger partial charge in [-0.1, -0.05) is 6.42 Å². The molecule has 2 nitrogen and oxygen atoms in total. The fourth-order valence-corrected chi connectivity index (χ4v) is 2.93. The molecule has 0 bridgehead atoms. The third-order valence-electron chi connectivity index (χ3n) is 3.10. The molecule has 3 heteroatoms. The van der Waals surface area contributed by atoms with Gasteiger partial charge in [0.25, 0.3) is 0 Å². The van der Waals surface area contributed by atoms with Crippen LogP contribution in [0.2, 0.25) is 0 Å². The summed E-state index contributed by atoms with van der Waals surface area (Å²) < 4.78 is 0.